The minimum atomic E-state index is -4.78. The molecule has 11 heteroatoms. The number of alkyl halides is 3. The third-order valence-electron chi connectivity index (χ3n) is 4.11. The molecule has 1 aromatic carbocycles. The van der Waals surface area contributed by atoms with Crippen LogP contribution in [-0.4, -0.2) is 24.9 Å². The first-order valence-electron chi connectivity index (χ1n) is 8.22. The van der Waals surface area contributed by atoms with E-state index in [-0.39, 0.29) is 11.5 Å². The standard InChI is InChI=1S/C18H11F3IN5O2/c19-18(20,21)11-8-23-16(24-17(11)28)14-7-15(13-5-6-29-26-13)27(25-14)9-10-3-1-2-4-12(10)22/h1-8H,9H2,(H,23,24,28). The van der Waals surface area contributed by atoms with E-state index in [2.05, 4.69) is 42.8 Å². The summed E-state index contributed by atoms with van der Waals surface area (Å²) in [5.41, 5.74) is -0.394. The zero-order valence-electron chi connectivity index (χ0n) is 14.4. The van der Waals surface area contributed by atoms with Gasteiger partial charge in [0.05, 0.1) is 12.2 Å². The maximum Gasteiger partial charge on any atom is 0.423 e. The van der Waals surface area contributed by atoms with Crippen molar-refractivity contribution in [2.24, 2.45) is 0 Å². The summed E-state index contributed by atoms with van der Waals surface area (Å²) in [7, 11) is 0. The van der Waals surface area contributed by atoms with Crippen LogP contribution >= 0.6 is 22.6 Å². The second-order valence-electron chi connectivity index (χ2n) is 6.02. The first-order chi connectivity index (χ1) is 13.8. The zero-order chi connectivity index (χ0) is 20.6. The van der Waals surface area contributed by atoms with Crippen LogP contribution in [0.25, 0.3) is 22.9 Å². The Morgan fingerprint density at radius 1 is 1.17 bits per heavy atom. The first-order valence-corrected chi connectivity index (χ1v) is 9.29. The van der Waals surface area contributed by atoms with E-state index in [4.69, 9.17) is 4.52 Å². The lowest BCUT2D eigenvalue weighted by Crippen LogP contribution is -2.22. The lowest BCUT2D eigenvalue weighted by molar-refractivity contribution is -0.138. The van der Waals surface area contributed by atoms with Crippen molar-refractivity contribution in [2.75, 3.05) is 0 Å². The summed E-state index contributed by atoms with van der Waals surface area (Å²) in [6.45, 7) is 0.381. The number of hydrogen-bond donors (Lipinski definition) is 1. The van der Waals surface area contributed by atoms with Gasteiger partial charge in [0.1, 0.15) is 23.2 Å². The number of aromatic nitrogens is 5. The number of nitrogens with one attached hydrogen (secondary N) is 1. The Morgan fingerprint density at radius 2 is 1.97 bits per heavy atom. The van der Waals surface area contributed by atoms with Crippen molar-refractivity contribution in [3.05, 3.63) is 73.9 Å². The minimum absolute atomic E-state index is 0.0748. The highest BCUT2D eigenvalue weighted by atomic mass is 127. The maximum absolute atomic E-state index is 12.8. The van der Waals surface area contributed by atoms with Gasteiger partial charge >= 0.3 is 6.18 Å². The molecular formula is C18H11F3IN5O2. The SMILES string of the molecule is O=c1[nH]c(-c2cc(-c3ccon3)n(Cc3ccccc3I)n2)ncc1C(F)(F)F. The summed E-state index contributed by atoms with van der Waals surface area (Å²) < 4.78 is 46.0. The van der Waals surface area contributed by atoms with Crippen molar-refractivity contribution < 1.29 is 17.7 Å². The molecule has 0 radical (unpaired) electrons. The molecule has 0 saturated carbocycles. The van der Waals surface area contributed by atoms with Gasteiger partial charge in [0.2, 0.25) is 0 Å². The normalized spacial score (nSPS) is 11.7. The summed E-state index contributed by atoms with van der Waals surface area (Å²) in [4.78, 5) is 17.7. The van der Waals surface area contributed by atoms with Crippen LogP contribution in [0.3, 0.4) is 0 Å². The molecule has 0 spiro atoms. The number of hydrogen-bond acceptors (Lipinski definition) is 5. The number of rotatable bonds is 4. The predicted molar refractivity (Wildman–Crippen MR) is 105 cm³/mol. The average molecular weight is 513 g/mol. The molecule has 0 aliphatic heterocycles. The monoisotopic (exact) mass is 513 g/mol. The molecule has 7 nitrogen and oxygen atoms in total. The van der Waals surface area contributed by atoms with E-state index >= 15 is 0 Å². The lowest BCUT2D eigenvalue weighted by Gasteiger charge is -2.07. The number of nitrogens with zero attached hydrogens (tertiary/aromatic N) is 4. The van der Waals surface area contributed by atoms with Gasteiger partial charge in [-0.15, -0.1) is 0 Å². The molecule has 1 N–H and O–H groups in total. The van der Waals surface area contributed by atoms with Crippen LogP contribution in [0.4, 0.5) is 13.2 Å². The van der Waals surface area contributed by atoms with Crippen molar-refractivity contribution >= 4 is 22.6 Å². The molecule has 0 atom stereocenters. The highest BCUT2D eigenvalue weighted by Crippen LogP contribution is 2.28. The molecule has 29 heavy (non-hydrogen) atoms. The van der Waals surface area contributed by atoms with Crippen LogP contribution in [0, 0.1) is 3.57 Å². The molecule has 3 aromatic heterocycles. The van der Waals surface area contributed by atoms with E-state index in [0.29, 0.717) is 24.1 Å². The molecule has 0 aliphatic carbocycles. The Kier molecular flexibility index (Phi) is 4.98. The summed E-state index contributed by atoms with van der Waals surface area (Å²) >= 11 is 2.20. The molecule has 3 heterocycles. The van der Waals surface area contributed by atoms with Gasteiger partial charge in [-0.05, 0) is 40.3 Å². The van der Waals surface area contributed by atoms with Crippen LogP contribution in [0.5, 0.6) is 0 Å². The molecule has 0 bridgehead atoms. The number of benzene rings is 1. The fraction of sp³-hybridized carbons (Fsp3) is 0.111. The molecular weight excluding hydrogens is 502 g/mol. The topological polar surface area (TPSA) is 89.6 Å². The molecule has 0 fully saturated rings. The van der Waals surface area contributed by atoms with Crippen LogP contribution in [-0.2, 0) is 12.7 Å². The van der Waals surface area contributed by atoms with E-state index in [0.717, 1.165) is 9.13 Å². The van der Waals surface area contributed by atoms with Gasteiger partial charge < -0.3 is 9.51 Å². The third kappa shape index (κ3) is 3.95. The number of halogens is 4. The Hall–Kier alpha value is -2.96. The van der Waals surface area contributed by atoms with E-state index in [1.807, 2.05) is 24.3 Å². The predicted octanol–water partition coefficient (Wildman–Crippen LogP) is 3.96. The van der Waals surface area contributed by atoms with Crippen LogP contribution in [0.2, 0.25) is 0 Å². The van der Waals surface area contributed by atoms with Gasteiger partial charge in [0.15, 0.2) is 5.82 Å². The van der Waals surface area contributed by atoms with Crippen molar-refractivity contribution in [1.29, 1.82) is 0 Å². The van der Waals surface area contributed by atoms with E-state index < -0.39 is 17.3 Å². The molecule has 4 rings (SSSR count). The van der Waals surface area contributed by atoms with Crippen molar-refractivity contribution in [1.82, 2.24) is 24.9 Å². The number of aromatic amines is 1. The highest BCUT2D eigenvalue weighted by Gasteiger charge is 2.34. The smallest absolute Gasteiger partial charge is 0.364 e. The fourth-order valence-corrected chi connectivity index (χ4v) is 3.28. The third-order valence-corrected chi connectivity index (χ3v) is 5.16. The van der Waals surface area contributed by atoms with Gasteiger partial charge in [-0.25, -0.2) is 4.98 Å². The average Bonchev–Trinajstić information content (AvgIpc) is 3.32. The van der Waals surface area contributed by atoms with E-state index in [9.17, 15) is 18.0 Å². The molecule has 0 aliphatic rings. The molecule has 0 amide bonds. The fourth-order valence-electron chi connectivity index (χ4n) is 2.72. The van der Waals surface area contributed by atoms with Gasteiger partial charge in [-0.3, -0.25) is 9.48 Å². The summed E-state index contributed by atoms with van der Waals surface area (Å²) in [6, 6.07) is 10.9. The number of H-pyrrole nitrogens is 1. The molecule has 148 valence electrons. The van der Waals surface area contributed by atoms with Gasteiger partial charge in [-0.1, -0.05) is 23.4 Å². The molecule has 0 saturated heterocycles. The summed E-state index contributed by atoms with van der Waals surface area (Å²) in [5.74, 6) is -0.0748. The van der Waals surface area contributed by atoms with Gasteiger partial charge in [0.25, 0.3) is 5.56 Å². The highest BCUT2D eigenvalue weighted by molar-refractivity contribution is 14.1. The molecule has 0 unspecified atom stereocenters. The van der Waals surface area contributed by atoms with E-state index in [1.165, 1.54) is 6.26 Å². The van der Waals surface area contributed by atoms with E-state index in [1.54, 1.807) is 16.8 Å². The quantitative estimate of drug-likeness (QED) is 0.418. The second kappa shape index (κ2) is 7.46. The van der Waals surface area contributed by atoms with Crippen molar-refractivity contribution in [2.45, 2.75) is 12.7 Å². The van der Waals surface area contributed by atoms with Crippen LogP contribution in [0.1, 0.15) is 11.1 Å². The van der Waals surface area contributed by atoms with Gasteiger partial charge in [-0.2, -0.15) is 18.3 Å². The Balaban J connectivity index is 1.79. The first kappa shape index (κ1) is 19.4. The second-order valence-corrected chi connectivity index (χ2v) is 7.18. The van der Waals surface area contributed by atoms with Crippen LogP contribution < -0.4 is 5.56 Å². The largest absolute Gasteiger partial charge is 0.423 e. The van der Waals surface area contributed by atoms with Crippen molar-refractivity contribution in [3.63, 3.8) is 0 Å². The molecule has 4 aromatic rings. The zero-order valence-corrected chi connectivity index (χ0v) is 16.6. The van der Waals surface area contributed by atoms with Gasteiger partial charge in [0, 0.05) is 15.8 Å². The van der Waals surface area contributed by atoms with Crippen LogP contribution in [0.15, 0.2) is 58.2 Å². The lowest BCUT2D eigenvalue weighted by atomic mass is 10.2. The minimum Gasteiger partial charge on any atom is -0.364 e. The Labute approximate surface area is 174 Å². The van der Waals surface area contributed by atoms with Crippen molar-refractivity contribution in [3.8, 4) is 22.9 Å². The Bertz CT molecular complexity index is 1210. The Morgan fingerprint density at radius 3 is 2.62 bits per heavy atom. The maximum atomic E-state index is 12.8. The summed E-state index contributed by atoms with van der Waals surface area (Å²) in [5, 5.41) is 8.33. The summed E-state index contributed by atoms with van der Waals surface area (Å²) in [6.07, 6.45) is -2.88.